The lowest BCUT2D eigenvalue weighted by atomic mass is 10.3. The Kier molecular flexibility index (Phi) is 3.36. The van der Waals surface area contributed by atoms with Crippen molar-refractivity contribution in [3.8, 4) is 0 Å². The largest absolute Gasteiger partial charge is 0.396 e. The van der Waals surface area contributed by atoms with E-state index in [1.54, 1.807) is 0 Å². The number of hydrogen-bond acceptors (Lipinski definition) is 4. The third-order valence-corrected chi connectivity index (χ3v) is 3.61. The second kappa shape index (κ2) is 4.75. The summed E-state index contributed by atoms with van der Waals surface area (Å²) in [4.78, 5) is 6.84. The summed E-state index contributed by atoms with van der Waals surface area (Å²) in [7, 11) is 0. The molecule has 2 rings (SSSR count). The molecule has 15 heavy (non-hydrogen) atoms. The van der Waals surface area contributed by atoms with Gasteiger partial charge in [0.05, 0.1) is 5.69 Å². The first kappa shape index (κ1) is 10.6. The summed E-state index contributed by atoms with van der Waals surface area (Å²) in [6, 6.07) is 3.92. The Balaban J connectivity index is 2.22. The molecule has 1 aliphatic rings. The molecule has 2 heterocycles. The number of nitrogen functional groups attached to an aromatic ring is 1. The molecule has 0 atom stereocenters. The van der Waals surface area contributed by atoms with E-state index in [0.29, 0.717) is 0 Å². The van der Waals surface area contributed by atoms with Crippen LogP contribution in [-0.2, 0) is 0 Å². The molecule has 1 aromatic rings. The average molecular weight is 223 g/mol. The first-order valence-corrected chi connectivity index (χ1v) is 6.48. The minimum atomic E-state index is 0.799. The third kappa shape index (κ3) is 2.56. The van der Waals surface area contributed by atoms with Crippen LogP contribution in [0, 0.1) is 6.92 Å². The molecule has 0 radical (unpaired) electrons. The molecule has 0 aromatic carbocycles. The molecule has 1 saturated heterocycles. The van der Waals surface area contributed by atoms with Gasteiger partial charge in [0.25, 0.3) is 0 Å². The van der Waals surface area contributed by atoms with Crippen molar-refractivity contribution in [2.24, 2.45) is 0 Å². The van der Waals surface area contributed by atoms with E-state index < -0.39 is 0 Å². The Morgan fingerprint density at radius 3 is 3.07 bits per heavy atom. The first-order chi connectivity index (χ1) is 7.27. The van der Waals surface area contributed by atoms with Gasteiger partial charge in [-0.25, -0.2) is 4.98 Å². The highest BCUT2D eigenvalue weighted by molar-refractivity contribution is 7.99. The van der Waals surface area contributed by atoms with Crippen LogP contribution in [0.1, 0.15) is 12.1 Å². The fourth-order valence-corrected chi connectivity index (χ4v) is 2.65. The number of nitrogens with zero attached hydrogens (tertiary/aromatic N) is 2. The number of thioether (sulfide) groups is 1. The number of nitrogens with two attached hydrogens (primary N) is 1. The maximum Gasteiger partial charge on any atom is 0.152 e. The Hall–Kier alpha value is -0.900. The highest BCUT2D eigenvalue weighted by Crippen LogP contribution is 2.23. The topological polar surface area (TPSA) is 42.1 Å². The smallest absolute Gasteiger partial charge is 0.152 e. The van der Waals surface area contributed by atoms with Crippen molar-refractivity contribution in [2.45, 2.75) is 13.3 Å². The zero-order valence-electron chi connectivity index (χ0n) is 9.07. The second-order valence-corrected chi connectivity index (χ2v) is 5.04. The number of anilines is 2. The van der Waals surface area contributed by atoms with Gasteiger partial charge in [-0.3, -0.25) is 0 Å². The zero-order chi connectivity index (χ0) is 10.7. The molecule has 82 valence electrons. The van der Waals surface area contributed by atoms with E-state index in [9.17, 15) is 0 Å². The molecule has 0 saturated carbocycles. The van der Waals surface area contributed by atoms with Gasteiger partial charge in [-0.15, -0.1) is 0 Å². The highest BCUT2D eigenvalue weighted by Gasteiger charge is 2.13. The van der Waals surface area contributed by atoms with Crippen LogP contribution >= 0.6 is 11.8 Å². The molecule has 2 N–H and O–H groups in total. The van der Waals surface area contributed by atoms with Crippen molar-refractivity contribution in [1.29, 1.82) is 0 Å². The molecule has 0 bridgehead atoms. The summed E-state index contributed by atoms with van der Waals surface area (Å²) in [5.41, 5.74) is 7.80. The summed E-state index contributed by atoms with van der Waals surface area (Å²) in [5.74, 6) is 3.40. The lowest BCUT2D eigenvalue weighted by molar-refractivity contribution is 0.800. The van der Waals surface area contributed by atoms with Gasteiger partial charge in [-0.2, -0.15) is 11.8 Å². The van der Waals surface area contributed by atoms with Crippen molar-refractivity contribution in [3.63, 3.8) is 0 Å². The number of pyridine rings is 1. The maximum atomic E-state index is 5.96. The fourth-order valence-electron chi connectivity index (χ4n) is 1.76. The second-order valence-electron chi connectivity index (χ2n) is 3.82. The number of hydrogen-bond donors (Lipinski definition) is 1. The maximum absolute atomic E-state index is 5.96. The van der Waals surface area contributed by atoms with E-state index in [1.807, 2.05) is 30.8 Å². The Morgan fingerprint density at radius 2 is 2.20 bits per heavy atom. The lowest BCUT2D eigenvalue weighted by Crippen LogP contribution is -2.27. The molecule has 4 heteroatoms. The van der Waals surface area contributed by atoms with Gasteiger partial charge in [0.15, 0.2) is 5.82 Å². The predicted molar refractivity (Wildman–Crippen MR) is 67.5 cm³/mol. The van der Waals surface area contributed by atoms with Crippen molar-refractivity contribution < 1.29 is 0 Å². The first-order valence-electron chi connectivity index (χ1n) is 5.33. The van der Waals surface area contributed by atoms with Crippen LogP contribution < -0.4 is 10.6 Å². The summed E-state index contributed by atoms with van der Waals surface area (Å²) in [5, 5.41) is 0. The van der Waals surface area contributed by atoms with Gasteiger partial charge in [0.1, 0.15) is 0 Å². The van der Waals surface area contributed by atoms with E-state index in [0.717, 1.165) is 30.3 Å². The molecule has 0 spiro atoms. The Bertz CT molecular complexity index is 333. The van der Waals surface area contributed by atoms with Gasteiger partial charge in [0.2, 0.25) is 0 Å². The minimum absolute atomic E-state index is 0.799. The van der Waals surface area contributed by atoms with Crippen LogP contribution in [0.3, 0.4) is 0 Å². The van der Waals surface area contributed by atoms with Gasteiger partial charge in [0, 0.05) is 24.5 Å². The monoisotopic (exact) mass is 223 g/mol. The Labute approximate surface area is 95.1 Å². The van der Waals surface area contributed by atoms with Gasteiger partial charge in [-0.05, 0) is 31.2 Å². The van der Waals surface area contributed by atoms with Crippen molar-refractivity contribution in [3.05, 3.63) is 17.8 Å². The molecular formula is C11H17N3S. The summed E-state index contributed by atoms with van der Waals surface area (Å²) in [6.07, 6.45) is 1.22. The normalized spacial score (nSPS) is 17.5. The highest BCUT2D eigenvalue weighted by atomic mass is 32.2. The molecule has 3 nitrogen and oxygen atoms in total. The quantitative estimate of drug-likeness (QED) is 0.790. The van der Waals surface area contributed by atoms with Crippen LogP contribution in [0.15, 0.2) is 12.1 Å². The van der Waals surface area contributed by atoms with Crippen molar-refractivity contribution >= 4 is 23.3 Å². The molecule has 1 aliphatic heterocycles. The molecule has 0 aliphatic carbocycles. The van der Waals surface area contributed by atoms with Crippen molar-refractivity contribution in [1.82, 2.24) is 4.98 Å². The summed E-state index contributed by atoms with van der Waals surface area (Å²) in [6.45, 7) is 4.15. The van der Waals surface area contributed by atoms with Crippen LogP contribution in [0.5, 0.6) is 0 Å². The van der Waals surface area contributed by atoms with E-state index in [2.05, 4.69) is 9.88 Å². The SMILES string of the molecule is Cc1ccc(N)c(N2CCCSCC2)n1. The van der Waals surface area contributed by atoms with Crippen LogP contribution in [0.25, 0.3) is 0 Å². The van der Waals surface area contributed by atoms with Crippen molar-refractivity contribution in [2.75, 3.05) is 35.2 Å². The minimum Gasteiger partial charge on any atom is -0.396 e. The molecule has 0 unspecified atom stereocenters. The molecular weight excluding hydrogens is 206 g/mol. The van der Waals surface area contributed by atoms with E-state index in [4.69, 9.17) is 5.73 Å². The van der Waals surface area contributed by atoms with Gasteiger partial charge in [-0.1, -0.05) is 0 Å². The van der Waals surface area contributed by atoms with Crippen LogP contribution in [-0.4, -0.2) is 29.6 Å². The Morgan fingerprint density at radius 1 is 1.33 bits per heavy atom. The number of aryl methyl sites for hydroxylation is 1. The average Bonchev–Trinajstić information content (AvgIpc) is 2.50. The summed E-state index contributed by atoms with van der Waals surface area (Å²) < 4.78 is 0. The molecule has 1 fully saturated rings. The van der Waals surface area contributed by atoms with E-state index in [-0.39, 0.29) is 0 Å². The van der Waals surface area contributed by atoms with Crippen LogP contribution in [0.2, 0.25) is 0 Å². The molecule has 0 amide bonds. The predicted octanol–water partition coefficient (Wildman–Crippen LogP) is 1.92. The number of rotatable bonds is 1. The fraction of sp³-hybridized carbons (Fsp3) is 0.545. The zero-order valence-corrected chi connectivity index (χ0v) is 9.89. The third-order valence-electron chi connectivity index (χ3n) is 2.57. The van der Waals surface area contributed by atoms with E-state index in [1.165, 1.54) is 17.9 Å². The van der Waals surface area contributed by atoms with Crippen LogP contribution in [0.4, 0.5) is 11.5 Å². The lowest BCUT2D eigenvalue weighted by Gasteiger charge is -2.22. The number of aromatic nitrogens is 1. The molecule has 1 aromatic heterocycles. The van der Waals surface area contributed by atoms with Gasteiger partial charge >= 0.3 is 0 Å². The summed E-state index contributed by atoms with van der Waals surface area (Å²) >= 11 is 2.01. The van der Waals surface area contributed by atoms with Gasteiger partial charge < -0.3 is 10.6 Å². The standard InChI is InChI=1S/C11H17N3S/c1-9-3-4-10(12)11(13-9)14-5-2-7-15-8-6-14/h3-4H,2,5-8,12H2,1H3. The van der Waals surface area contributed by atoms with E-state index >= 15 is 0 Å².